The van der Waals surface area contributed by atoms with Gasteiger partial charge in [0.15, 0.2) is 0 Å². The summed E-state index contributed by atoms with van der Waals surface area (Å²) >= 11 is 0. The van der Waals surface area contributed by atoms with Gasteiger partial charge < -0.3 is 16.2 Å². The Morgan fingerprint density at radius 2 is 2.36 bits per heavy atom. The average Bonchev–Trinajstić information content (AvgIpc) is 2.05. The highest BCUT2D eigenvalue weighted by molar-refractivity contribution is 4.78. The summed E-state index contributed by atoms with van der Waals surface area (Å²) in [4.78, 5) is 0. The highest BCUT2D eigenvalue weighted by Gasteiger charge is 2.00. The molecule has 0 spiro atoms. The van der Waals surface area contributed by atoms with Gasteiger partial charge in [-0.15, -0.1) is 0 Å². The molecule has 0 aliphatic rings. The van der Waals surface area contributed by atoms with E-state index in [1.165, 1.54) is 0 Å². The molecule has 0 fully saturated rings. The van der Waals surface area contributed by atoms with Gasteiger partial charge in [0.25, 0.3) is 0 Å². The minimum Gasteiger partial charge on any atom is -0.395 e. The van der Waals surface area contributed by atoms with Crippen molar-refractivity contribution in [2.75, 3.05) is 19.7 Å². The Labute approximate surface area is 68.3 Å². The van der Waals surface area contributed by atoms with Crippen LogP contribution in [-0.2, 0) is 0 Å². The molecule has 3 nitrogen and oxygen atoms in total. The predicted octanol–water partition coefficient (Wildman–Crippen LogP) is -0.138. The van der Waals surface area contributed by atoms with Crippen molar-refractivity contribution in [3.05, 3.63) is 12.2 Å². The van der Waals surface area contributed by atoms with Gasteiger partial charge in [-0.25, -0.2) is 0 Å². The van der Waals surface area contributed by atoms with Crippen LogP contribution < -0.4 is 11.1 Å². The lowest BCUT2D eigenvalue weighted by Gasteiger charge is -2.12. The molecule has 3 heteroatoms. The minimum absolute atomic E-state index is 0.0558. The van der Waals surface area contributed by atoms with Crippen molar-refractivity contribution in [3.63, 3.8) is 0 Å². The van der Waals surface area contributed by atoms with Crippen LogP contribution in [0, 0.1) is 0 Å². The van der Waals surface area contributed by atoms with Crippen molar-refractivity contribution in [2.45, 2.75) is 19.4 Å². The summed E-state index contributed by atoms with van der Waals surface area (Å²) in [5.74, 6) is 0. The second kappa shape index (κ2) is 7.72. The summed E-state index contributed by atoms with van der Waals surface area (Å²) in [6.07, 6.45) is 5.09. The molecule has 0 saturated carbocycles. The highest BCUT2D eigenvalue weighted by Crippen LogP contribution is 1.82. The third kappa shape index (κ3) is 6.04. The Kier molecular flexibility index (Phi) is 7.46. The van der Waals surface area contributed by atoms with Crippen LogP contribution in [0.2, 0.25) is 0 Å². The Bertz CT molecular complexity index is 100. The van der Waals surface area contributed by atoms with Crippen LogP contribution in [0.5, 0.6) is 0 Å². The van der Waals surface area contributed by atoms with Crippen molar-refractivity contribution < 1.29 is 5.11 Å². The van der Waals surface area contributed by atoms with E-state index in [4.69, 9.17) is 10.8 Å². The Balaban J connectivity index is 3.21. The SMILES string of the molecule is C/C=C/CCNC(CN)CO. The summed E-state index contributed by atoms with van der Waals surface area (Å²) in [6, 6.07) is 0.0558. The predicted molar refractivity (Wildman–Crippen MR) is 47.4 cm³/mol. The molecule has 0 radical (unpaired) electrons. The van der Waals surface area contributed by atoms with E-state index in [1.54, 1.807) is 0 Å². The smallest absolute Gasteiger partial charge is 0.0597 e. The lowest BCUT2D eigenvalue weighted by atomic mass is 10.3. The molecule has 0 aromatic heterocycles. The van der Waals surface area contributed by atoms with E-state index in [1.807, 2.05) is 13.0 Å². The fourth-order valence-electron chi connectivity index (χ4n) is 0.760. The minimum atomic E-state index is 0.0558. The zero-order chi connectivity index (χ0) is 8.53. The Morgan fingerprint density at radius 1 is 1.64 bits per heavy atom. The van der Waals surface area contributed by atoms with Crippen LogP contribution in [0.3, 0.4) is 0 Å². The number of nitrogens with one attached hydrogen (secondary N) is 1. The topological polar surface area (TPSA) is 58.3 Å². The van der Waals surface area contributed by atoms with Crippen molar-refractivity contribution in [3.8, 4) is 0 Å². The normalized spacial score (nSPS) is 14.1. The molecule has 0 aliphatic carbocycles. The van der Waals surface area contributed by atoms with Gasteiger partial charge in [-0.05, 0) is 19.9 Å². The summed E-state index contributed by atoms with van der Waals surface area (Å²) in [6.45, 7) is 3.48. The van der Waals surface area contributed by atoms with Crippen molar-refractivity contribution in [1.82, 2.24) is 5.32 Å². The molecular weight excluding hydrogens is 140 g/mol. The second-order valence-corrected chi connectivity index (χ2v) is 2.43. The third-order valence-corrected chi connectivity index (χ3v) is 1.48. The van der Waals surface area contributed by atoms with Gasteiger partial charge in [-0.3, -0.25) is 0 Å². The zero-order valence-corrected chi connectivity index (χ0v) is 7.09. The van der Waals surface area contributed by atoms with Gasteiger partial charge in [0, 0.05) is 12.6 Å². The van der Waals surface area contributed by atoms with E-state index in [0.29, 0.717) is 6.54 Å². The number of rotatable bonds is 6. The molecule has 0 aromatic rings. The summed E-state index contributed by atoms with van der Waals surface area (Å²) in [5.41, 5.74) is 5.36. The first-order chi connectivity index (χ1) is 5.35. The fraction of sp³-hybridized carbons (Fsp3) is 0.750. The maximum absolute atomic E-state index is 8.72. The molecular formula is C8H18N2O. The quantitative estimate of drug-likeness (QED) is 0.372. The lowest BCUT2D eigenvalue weighted by Crippen LogP contribution is -2.39. The van der Waals surface area contributed by atoms with Crippen LogP contribution in [0.4, 0.5) is 0 Å². The van der Waals surface area contributed by atoms with Gasteiger partial charge >= 0.3 is 0 Å². The van der Waals surface area contributed by atoms with E-state index in [2.05, 4.69) is 11.4 Å². The first kappa shape index (κ1) is 10.6. The molecule has 1 unspecified atom stereocenters. The molecule has 0 amide bonds. The van der Waals surface area contributed by atoms with Crippen molar-refractivity contribution in [1.29, 1.82) is 0 Å². The maximum Gasteiger partial charge on any atom is 0.0597 e. The summed E-state index contributed by atoms with van der Waals surface area (Å²) in [5, 5.41) is 11.8. The summed E-state index contributed by atoms with van der Waals surface area (Å²) in [7, 11) is 0. The number of allylic oxidation sites excluding steroid dienone is 1. The molecule has 0 heterocycles. The van der Waals surface area contributed by atoms with Crippen LogP contribution in [0.1, 0.15) is 13.3 Å². The number of aliphatic hydroxyl groups excluding tert-OH is 1. The molecule has 0 rings (SSSR count). The van der Waals surface area contributed by atoms with Crippen LogP contribution in [-0.4, -0.2) is 30.8 Å². The molecule has 66 valence electrons. The van der Waals surface area contributed by atoms with E-state index in [-0.39, 0.29) is 12.6 Å². The molecule has 0 bridgehead atoms. The number of aliphatic hydroxyl groups is 1. The van der Waals surface area contributed by atoms with E-state index in [0.717, 1.165) is 13.0 Å². The van der Waals surface area contributed by atoms with Crippen LogP contribution in [0.15, 0.2) is 12.2 Å². The highest BCUT2D eigenvalue weighted by atomic mass is 16.3. The van der Waals surface area contributed by atoms with Gasteiger partial charge in [0.05, 0.1) is 6.61 Å². The first-order valence-electron chi connectivity index (χ1n) is 4.00. The molecule has 0 aliphatic heterocycles. The van der Waals surface area contributed by atoms with E-state index >= 15 is 0 Å². The first-order valence-corrected chi connectivity index (χ1v) is 4.00. The molecule has 1 atom stereocenters. The second-order valence-electron chi connectivity index (χ2n) is 2.43. The average molecular weight is 158 g/mol. The van der Waals surface area contributed by atoms with Crippen molar-refractivity contribution in [2.24, 2.45) is 5.73 Å². The summed E-state index contributed by atoms with van der Waals surface area (Å²) < 4.78 is 0. The zero-order valence-electron chi connectivity index (χ0n) is 7.09. The van der Waals surface area contributed by atoms with Crippen LogP contribution >= 0.6 is 0 Å². The molecule has 4 N–H and O–H groups in total. The number of hydrogen-bond acceptors (Lipinski definition) is 3. The standard InChI is InChI=1S/C8H18N2O/c1-2-3-4-5-10-8(6-9)7-11/h2-3,8,10-11H,4-7,9H2,1H3/b3-2+. The van der Waals surface area contributed by atoms with Gasteiger partial charge in [0.2, 0.25) is 0 Å². The third-order valence-electron chi connectivity index (χ3n) is 1.48. The molecule has 11 heavy (non-hydrogen) atoms. The molecule has 0 aromatic carbocycles. The number of hydrogen-bond donors (Lipinski definition) is 3. The fourth-order valence-corrected chi connectivity index (χ4v) is 0.760. The van der Waals surface area contributed by atoms with Gasteiger partial charge in [-0.1, -0.05) is 12.2 Å². The van der Waals surface area contributed by atoms with Crippen molar-refractivity contribution >= 4 is 0 Å². The molecule has 0 saturated heterocycles. The lowest BCUT2D eigenvalue weighted by molar-refractivity contribution is 0.246. The Hall–Kier alpha value is -0.380. The number of nitrogens with two attached hydrogens (primary N) is 1. The Morgan fingerprint density at radius 3 is 2.82 bits per heavy atom. The monoisotopic (exact) mass is 158 g/mol. The van der Waals surface area contributed by atoms with E-state index in [9.17, 15) is 0 Å². The maximum atomic E-state index is 8.72. The van der Waals surface area contributed by atoms with E-state index < -0.39 is 0 Å². The van der Waals surface area contributed by atoms with Gasteiger partial charge in [-0.2, -0.15) is 0 Å². The largest absolute Gasteiger partial charge is 0.395 e. The van der Waals surface area contributed by atoms with Crippen LogP contribution in [0.25, 0.3) is 0 Å². The van der Waals surface area contributed by atoms with Gasteiger partial charge in [0.1, 0.15) is 0 Å².